The van der Waals surface area contributed by atoms with Crippen LogP contribution in [-0.4, -0.2) is 11.1 Å². The number of carbonyl (C=O) groups is 1. The minimum Gasteiger partial charge on any atom is -0.481 e. The van der Waals surface area contributed by atoms with Crippen LogP contribution in [-0.2, 0) is 4.79 Å². The van der Waals surface area contributed by atoms with Crippen LogP contribution in [0.5, 0.6) is 0 Å². The lowest BCUT2D eigenvalue weighted by atomic mass is 9.89. The summed E-state index contributed by atoms with van der Waals surface area (Å²) < 4.78 is 0. The van der Waals surface area contributed by atoms with Crippen LogP contribution in [0, 0.1) is 5.41 Å². The van der Waals surface area contributed by atoms with E-state index in [1.165, 1.54) is 0 Å². The molecule has 26 heavy (non-hydrogen) atoms. The van der Waals surface area contributed by atoms with Crippen LogP contribution in [0.15, 0.2) is 72.9 Å². The van der Waals surface area contributed by atoms with Crippen molar-refractivity contribution in [2.45, 2.75) is 65.7 Å². The molecular weight excluding hydrogens is 320 g/mol. The average Bonchev–Trinajstić information content (AvgIpc) is 2.60. The fourth-order valence-corrected chi connectivity index (χ4v) is 1.99. The molecule has 0 radical (unpaired) electrons. The van der Waals surface area contributed by atoms with E-state index in [9.17, 15) is 4.79 Å². The Morgan fingerprint density at radius 3 is 1.27 bits per heavy atom. The zero-order valence-electron chi connectivity index (χ0n) is 16.7. The van der Waals surface area contributed by atoms with E-state index in [-0.39, 0.29) is 0 Å². The molecule has 0 atom stereocenters. The topological polar surface area (TPSA) is 37.3 Å². The summed E-state index contributed by atoms with van der Waals surface area (Å²) in [4.78, 5) is 11.0. The Morgan fingerprint density at radius 2 is 0.962 bits per heavy atom. The average molecular weight is 357 g/mol. The lowest BCUT2D eigenvalue weighted by Crippen LogP contribution is -2.22. The molecule has 2 heteroatoms. The quantitative estimate of drug-likeness (QED) is 0.334. The summed E-state index contributed by atoms with van der Waals surface area (Å²) in [5.74, 6) is -0.753. The molecule has 0 aliphatic rings. The number of aliphatic carboxylic acids is 1. The van der Waals surface area contributed by atoms with Gasteiger partial charge in [0.2, 0.25) is 0 Å². The van der Waals surface area contributed by atoms with Crippen molar-refractivity contribution in [2.24, 2.45) is 5.41 Å². The Balaban J connectivity index is 3.69. The van der Waals surface area contributed by atoms with Gasteiger partial charge in [0.1, 0.15) is 0 Å². The van der Waals surface area contributed by atoms with Gasteiger partial charge in [-0.1, -0.05) is 79.8 Å². The highest BCUT2D eigenvalue weighted by atomic mass is 16.4. The maximum absolute atomic E-state index is 11.0. The molecule has 2 nitrogen and oxygen atoms in total. The summed E-state index contributed by atoms with van der Waals surface area (Å²) in [6.07, 6.45) is 32.2. The van der Waals surface area contributed by atoms with E-state index < -0.39 is 11.4 Å². The van der Waals surface area contributed by atoms with Crippen molar-refractivity contribution in [1.82, 2.24) is 0 Å². The Kier molecular flexibility index (Phi) is 15.1. The number of rotatable bonds is 14. The fraction of sp³-hybridized carbons (Fsp3) is 0.458. The molecule has 0 unspecified atom stereocenters. The maximum Gasteiger partial charge on any atom is 0.309 e. The minimum absolute atomic E-state index is 0.563. The van der Waals surface area contributed by atoms with Gasteiger partial charge in [0, 0.05) is 0 Å². The normalized spacial score (nSPS) is 13.7. The van der Waals surface area contributed by atoms with Crippen molar-refractivity contribution in [3.63, 3.8) is 0 Å². The molecule has 0 amide bonds. The highest BCUT2D eigenvalue weighted by Crippen LogP contribution is 2.20. The van der Waals surface area contributed by atoms with Gasteiger partial charge in [-0.2, -0.15) is 0 Å². The molecule has 0 heterocycles. The van der Waals surface area contributed by atoms with Gasteiger partial charge in [0.15, 0.2) is 0 Å². The molecule has 0 aliphatic heterocycles. The fourth-order valence-electron chi connectivity index (χ4n) is 1.99. The van der Waals surface area contributed by atoms with Gasteiger partial charge in [0.25, 0.3) is 0 Å². The van der Waals surface area contributed by atoms with Crippen LogP contribution in [0.4, 0.5) is 0 Å². The van der Waals surface area contributed by atoms with E-state index in [0.717, 1.165) is 38.5 Å². The van der Waals surface area contributed by atoms with Gasteiger partial charge in [0.05, 0.1) is 5.41 Å². The van der Waals surface area contributed by atoms with Gasteiger partial charge in [-0.15, -0.1) is 0 Å². The maximum atomic E-state index is 11.0. The highest BCUT2D eigenvalue weighted by Gasteiger charge is 2.24. The Morgan fingerprint density at radius 1 is 0.654 bits per heavy atom. The third kappa shape index (κ3) is 15.4. The first-order valence-electron chi connectivity index (χ1n) is 9.64. The second kappa shape index (κ2) is 16.4. The monoisotopic (exact) mass is 356 g/mol. The van der Waals surface area contributed by atoms with Gasteiger partial charge in [-0.25, -0.2) is 0 Å². The Labute approximate surface area is 160 Å². The molecular formula is C24H36O2. The van der Waals surface area contributed by atoms with Crippen LogP contribution in [0.25, 0.3) is 0 Å². The van der Waals surface area contributed by atoms with Crippen molar-refractivity contribution >= 4 is 5.97 Å². The summed E-state index contributed by atoms with van der Waals surface area (Å²) in [6, 6.07) is 0. The molecule has 0 aromatic rings. The number of carboxylic acids is 1. The van der Waals surface area contributed by atoms with Gasteiger partial charge in [-0.3, -0.25) is 4.79 Å². The molecule has 144 valence electrons. The molecule has 0 aromatic carbocycles. The zero-order chi connectivity index (χ0) is 19.5. The van der Waals surface area contributed by atoms with E-state index in [4.69, 9.17) is 5.11 Å². The molecule has 0 bridgehead atoms. The Bertz CT molecular complexity index is 528. The van der Waals surface area contributed by atoms with Gasteiger partial charge in [-0.05, 0) is 58.8 Å². The number of allylic oxidation sites excluding steroid dienone is 12. The molecule has 0 rings (SSSR count). The first kappa shape index (κ1) is 23.9. The first-order chi connectivity index (χ1) is 12.5. The minimum atomic E-state index is -0.753. The van der Waals surface area contributed by atoms with Crippen LogP contribution in [0.3, 0.4) is 0 Å². The number of carboxylic acid groups (broad SMARTS) is 1. The lowest BCUT2D eigenvalue weighted by molar-refractivity contribution is -0.146. The summed E-state index contributed by atoms with van der Waals surface area (Å²) in [5.41, 5.74) is -0.682. The van der Waals surface area contributed by atoms with Crippen molar-refractivity contribution in [2.75, 3.05) is 0 Å². The van der Waals surface area contributed by atoms with Crippen molar-refractivity contribution in [3.8, 4) is 0 Å². The zero-order valence-corrected chi connectivity index (χ0v) is 16.7. The first-order valence-corrected chi connectivity index (χ1v) is 9.64. The van der Waals surface area contributed by atoms with E-state index in [1.54, 1.807) is 13.8 Å². The van der Waals surface area contributed by atoms with Crippen LogP contribution < -0.4 is 0 Å². The standard InChI is InChI=1S/C24H36O2/c1-4-5-6-7-8-9-10-11-12-13-14-15-16-17-18-19-20-21-22-24(2,3)23(25)26/h5-6,8-9,11-12,14-15,17-18,20-21H,4,7,10,13,16,19,22H2,1-3H3,(H,25,26). The van der Waals surface area contributed by atoms with E-state index in [0.29, 0.717) is 6.42 Å². The van der Waals surface area contributed by atoms with E-state index in [1.807, 2.05) is 12.2 Å². The number of hydrogen-bond acceptors (Lipinski definition) is 1. The lowest BCUT2D eigenvalue weighted by Gasteiger charge is -2.15. The number of hydrogen-bond donors (Lipinski definition) is 1. The van der Waals surface area contributed by atoms with Gasteiger partial charge < -0.3 is 5.11 Å². The molecule has 0 aliphatic carbocycles. The van der Waals surface area contributed by atoms with Crippen LogP contribution in [0.1, 0.15) is 65.7 Å². The van der Waals surface area contributed by atoms with Crippen molar-refractivity contribution in [1.29, 1.82) is 0 Å². The predicted molar refractivity (Wildman–Crippen MR) is 114 cm³/mol. The molecule has 1 N–H and O–H groups in total. The van der Waals surface area contributed by atoms with E-state index in [2.05, 4.69) is 67.7 Å². The second-order valence-corrected chi connectivity index (χ2v) is 6.81. The molecule has 0 spiro atoms. The van der Waals surface area contributed by atoms with Gasteiger partial charge >= 0.3 is 5.97 Å². The van der Waals surface area contributed by atoms with Crippen LogP contribution >= 0.6 is 0 Å². The van der Waals surface area contributed by atoms with Crippen LogP contribution in [0.2, 0.25) is 0 Å². The molecule has 0 fully saturated rings. The predicted octanol–water partition coefficient (Wildman–Crippen LogP) is 7.19. The highest BCUT2D eigenvalue weighted by molar-refractivity contribution is 5.73. The summed E-state index contributed by atoms with van der Waals surface area (Å²) in [7, 11) is 0. The molecule has 0 aromatic heterocycles. The van der Waals surface area contributed by atoms with Crippen molar-refractivity contribution < 1.29 is 9.90 Å². The largest absolute Gasteiger partial charge is 0.481 e. The molecule has 0 saturated heterocycles. The second-order valence-electron chi connectivity index (χ2n) is 6.81. The summed E-state index contributed by atoms with van der Waals surface area (Å²) >= 11 is 0. The third-order valence-electron chi connectivity index (χ3n) is 3.80. The summed E-state index contributed by atoms with van der Waals surface area (Å²) in [5, 5.41) is 9.02. The SMILES string of the molecule is CCC=CCC=CCC=CCC=CCC=CCC=CCC(C)(C)C(=O)O. The molecule has 0 saturated carbocycles. The summed E-state index contributed by atoms with van der Waals surface area (Å²) in [6.45, 7) is 5.64. The third-order valence-corrected chi connectivity index (χ3v) is 3.80. The smallest absolute Gasteiger partial charge is 0.309 e. The van der Waals surface area contributed by atoms with Crippen molar-refractivity contribution in [3.05, 3.63) is 72.9 Å². The Hall–Kier alpha value is -2.09. The van der Waals surface area contributed by atoms with E-state index >= 15 is 0 Å².